The minimum Gasteiger partial charge on any atom is -0.344 e. The van der Waals surface area contributed by atoms with Crippen LogP contribution < -0.4 is 4.90 Å². The molecular weight excluding hydrogens is 313 g/mol. The molecule has 116 valence electrons. The topological polar surface area (TPSA) is 34.0 Å². The highest BCUT2D eigenvalue weighted by Crippen LogP contribution is 2.34. The van der Waals surface area contributed by atoms with Gasteiger partial charge in [0.25, 0.3) is 0 Å². The van der Waals surface area contributed by atoms with Crippen molar-refractivity contribution in [3.05, 3.63) is 42.0 Å². The Kier molecular flexibility index (Phi) is 3.56. The summed E-state index contributed by atoms with van der Waals surface area (Å²) >= 11 is 1.36. The molecule has 4 nitrogen and oxygen atoms in total. The third-order valence-corrected chi connectivity index (χ3v) is 4.48. The van der Waals surface area contributed by atoms with Crippen molar-refractivity contribution in [1.82, 2.24) is 14.5 Å². The highest BCUT2D eigenvalue weighted by Gasteiger charge is 2.30. The number of benzene rings is 1. The fourth-order valence-corrected chi connectivity index (χ4v) is 2.99. The first kappa shape index (κ1) is 14.8. The van der Waals surface area contributed by atoms with Crippen LogP contribution in [0.15, 0.2) is 30.6 Å². The lowest BCUT2D eigenvalue weighted by atomic mass is 10.2. The second-order valence-corrected chi connectivity index (χ2v) is 6.00. The van der Waals surface area contributed by atoms with Gasteiger partial charge in [0, 0.05) is 26.5 Å². The monoisotopic (exact) mass is 326 g/mol. The normalized spacial score (nSPS) is 12.0. The van der Waals surface area contributed by atoms with E-state index in [1.807, 2.05) is 29.8 Å². The van der Waals surface area contributed by atoms with Crippen LogP contribution in [0.3, 0.4) is 0 Å². The molecule has 8 heteroatoms. The van der Waals surface area contributed by atoms with Crippen molar-refractivity contribution in [2.45, 2.75) is 12.7 Å². The van der Waals surface area contributed by atoms with Gasteiger partial charge in [0.1, 0.15) is 5.82 Å². The van der Waals surface area contributed by atoms with E-state index in [9.17, 15) is 13.2 Å². The summed E-state index contributed by atoms with van der Waals surface area (Å²) in [6.07, 6.45) is -0.801. The van der Waals surface area contributed by atoms with Crippen molar-refractivity contribution < 1.29 is 13.2 Å². The van der Waals surface area contributed by atoms with Gasteiger partial charge in [-0.15, -0.1) is 0 Å². The van der Waals surface area contributed by atoms with Gasteiger partial charge in [0.05, 0.1) is 22.3 Å². The van der Waals surface area contributed by atoms with Gasteiger partial charge >= 0.3 is 6.18 Å². The van der Waals surface area contributed by atoms with Gasteiger partial charge in [-0.3, -0.25) is 0 Å². The number of halogens is 3. The minimum atomic E-state index is -4.35. The lowest BCUT2D eigenvalue weighted by Crippen LogP contribution is -2.18. The number of imidazole rings is 1. The second-order valence-electron chi connectivity index (χ2n) is 4.99. The number of fused-ring (bicyclic) bond motifs is 1. The molecule has 0 saturated carbocycles. The van der Waals surface area contributed by atoms with Gasteiger partial charge in [-0.2, -0.15) is 13.2 Å². The van der Waals surface area contributed by atoms with E-state index in [4.69, 9.17) is 0 Å². The number of aryl methyl sites for hydroxylation is 1. The molecule has 0 bridgehead atoms. The van der Waals surface area contributed by atoms with Crippen LogP contribution >= 0.6 is 11.3 Å². The van der Waals surface area contributed by atoms with E-state index in [0.29, 0.717) is 17.2 Å². The standard InChI is InChI=1S/C14H13F3N4S/c1-20-6-5-18-12(20)8-21(2)13-19-10-7-9(14(15,16)17)3-4-11(10)22-13/h3-7H,8H2,1-2H3. The maximum absolute atomic E-state index is 12.7. The molecule has 0 spiro atoms. The molecule has 2 aromatic heterocycles. The molecule has 1 aromatic carbocycles. The molecule has 0 fully saturated rings. The molecule has 0 aliphatic rings. The summed E-state index contributed by atoms with van der Waals surface area (Å²) in [6, 6.07) is 3.64. The van der Waals surface area contributed by atoms with E-state index in [-0.39, 0.29) is 0 Å². The molecule has 22 heavy (non-hydrogen) atoms. The van der Waals surface area contributed by atoms with Crippen molar-refractivity contribution in [2.75, 3.05) is 11.9 Å². The quantitative estimate of drug-likeness (QED) is 0.736. The largest absolute Gasteiger partial charge is 0.416 e. The molecule has 0 atom stereocenters. The van der Waals surface area contributed by atoms with E-state index in [1.54, 1.807) is 6.20 Å². The Balaban J connectivity index is 1.90. The van der Waals surface area contributed by atoms with Crippen molar-refractivity contribution in [1.29, 1.82) is 0 Å². The summed E-state index contributed by atoms with van der Waals surface area (Å²) < 4.78 is 40.8. The number of hydrogen-bond donors (Lipinski definition) is 0. The van der Waals surface area contributed by atoms with Crippen LogP contribution in [0.1, 0.15) is 11.4 Å². The minimum absolute atomic E-state index is 0.363. The average Bonchev–Trinajstić information content (AvgIpc) is 3.03. The summed E-state index contributed by atoms with van der Waals surface area (Å²) in [4.78, 5) is 10.4. The first-order valence-electron chi connectivity index (χ1n) is 6.50. The zero-order valence-corrected chi connectivity index (χ0v) is 12.7. The summed E-state index contributed by atoms with van der Waals surface area (Å²) in [6.45, 7) is 0.537. The van der Waals surface area contributed by atoms with E-state index >= 15 is 0 Å². The SMILES string of the molecule is CN(Cc1nccn1C)c1nc2cc(C(F)(F)F)ccc2s1. The summed E-state index contributed by atoms with van der Waals surface area (Å²) in [5.74, 6) is 0.859. The number of aromatic nitrogens is 3. The summed E-state index contributed by atoms with van der Waals surface area (Å²) in [5.41, 5.74) is -0.315. The Morgan fingerprint density at radius 2 is 2.09 bits per heavy atom. The fourth-order valence-electron chi connectivity index (χ4n) is 2.08. The van der Waals surface area contributed by atoms with Gasteiger partial charge in [-0.05, 0) is 18.2 Å². The van der Waals surface area contributed by atoms with Crippen molar-refractivity contribution in [3.8, 4) is 0 Å². The van der Waals surface area contributed by atoms with Crippen LogP contribution in [-0.4, -0.2) is 21.6 Å². The molecule has 0 saturated heterocycles. The molecule has 3 rings (SSSR count). The zero-order valence-electron chi connectivity index (χ0n) is 11.9. The van der Waals surface area contributed by atoms with E-state index in [1.165, 1.54) is 17.4 Å². The highest BCUT2D eigenvalue weighted by molar-refractivity contribution is 7.22. The van der Waals surface area contributed by atoms with E-state index in [2.05, 4.69) is 9.97 Å². The molecule has 0 radical (unpaired) electrons. The predicted octanol–water partition coefficient (Wildman–Crippen LogP) is 3.69. The lowest BCUT2D eigenvalue weighted by molar-refractivity contribution is -0.137. The summed E-state index contributed by atoms with van der Waals surface area (Å²) in [5, 5.41) is 0.664. The average molecular weight is 326 g/mol. The number of alkyl halides is 3. The Hall–Kier alpha value is -2.09. The maximum Gasteiger partial charge on any atom is 0.416 e. The Morgan fingerprint density at radius 1 is 1.32 bits per heavy atom. The zero-order chi connectivity index (χ0) is 15.9. The highest BCUT2D eigenvalue weighted by atomic mass is 32.1. The lowest BCUT2D eigenvalue weighted by Gasteiger charge is -2.14. The number of hydrogen-bond acceptors (Lipinski definition) is 4. The molecule has 0 aliphatic heterocycles. The van der Waals surface area contributed by atoms with Gasteiger partial charge in [-0.25, -0.2) is 9.97 Å². The molecule has 0 amide bonds. The Bertz CT molecular complexity index is 806. The van der Waals surface area contributed by atoms with Crippen LogP contribution in [0.4, 0.5) is 18.3 Å². The van der Waals surface area contributed by atoms with Gasteiger partial charge in [-0.1, -0.05) is 11.3 Å². The summed E-state index contributed by atoms with van der Waals surface area (Å²) in [7, 11) is 3.74. The van der Waals surface area contributed by atoms with Crippen LogP contribution in [0.5, 0.6) is 0 Å². The number of anilines is 1. The number of rotatable bonds is 3. The molecule has 0 aliphatic carbocycles. The molecule has 3 aromatic rings. The van der Waals surface area contributed by atoms with Gasteiger partial charge in [0.15, 0.2) is 5.13 Å². The first-order valence-corrected chi connectivity index (χ1v) is 7.31. The van der Waals surface area contributed by atoms with E-state index < -0.39 is 11.7 Å². The predicted molar refractivity (Wildman–Crippen MR) is 79.9 cm³/mol. The van der Waals surface area contributed by atoms with Gasteiger partial charge < -0.3 is 9.47 Å². The molecule has 0 unspecified atom stereocenters. The maximum atomic E-state index is 12.7. The van der Waals surface area contributed by atoms with Crippen molar-refractivity contribution >= 4 is 26.7 Å². The Morgan fingerprint density at radius 3 is 2.73 bits per heavy atom. The van der Waals surface area contributed by atoms with Crippen LogP contribution in [0.2, 0.25) is 0 Å². The third kappa shape index (κ3) is 2.78. The van der Waals surface area contributed by atoms with Crippen LogP contribution in [0.25, 0.3) is 10.2 Å². The van der Waals surface area contributed by atoms with Gasteiger partial charge in [0.2, 0.25) is 0 Å². The van der Waals surface area contributed by atoms with Crippen LogP contribution in [0, 0.1) is 0 Å². The van der Waals surface area contributed by atoms with Crippen molar-refractivity contribution in [3.63, 3.8) is 0 Å². The number of thiazole rings is 1. The second kappa shape index (κ2) is 5.28. The Labute approximate surface area is 128 Å². The first-order chi connectivity index (χ1) is 10.3. The van der Waals surface area contributed by atoms with E-state index in [0.717, 1.165) is 22.7 Å². The molecule has 2 heterocycles. The smallest absolute Gasteiger partial charge is 0.344 e. The molecular formula is C14H13F3N4S. The molecule has 0 N–H and O–H groups in total. The number of nitrogens with zero attached hydrogens (tertiary/aromatic N) is 4. The third-order valence-electron chi connectivity index (χ3n) is 3.33. The van der Waals surface area contributed by atoms with Crippen LogP contribution in [-0.2, 0) is 19.8 Å². The van der Waals surface area contributed by atoms with Crippen molar-refractivity contribution in [2.24, 2.45) is 7.05 Å². The fraction of sp³-hybridized carbons (Fsp3) is 0.286.